The van der Waals surface area contributed by atoms with Crippen molar-refractivity contribution in [3.05, 3.63) is 108 Å². The van der Waals surface area contributed by atoms with Crippen LogP contribution in [-0.4, -0.2) is 20.5 Å². The number of nitrogens with zero attached hydrogens (tertiary/aromatic N) is 4. The lowest BCUT2D eigenvalue weighted by Gasteiger charge is -2.47. The summed E-state index contributed by atoms with van der Waals surface area (Å²) in [6, 6.07) is 25.0. The van der Waals surface area contributed by atoms with E-state index in [2.05, 4.69) is 47.5 Å². The van der Waals surface area contributed by atoms with Crippen LogP contribution in [0.2, 0.25) is 0 Å². The number of pyridine rings is 1. The Hall–Kier alpha value is -4.30. The minimum absolute atomic E-state index is 0.0498. The SMILES string of the molecule is C[C@@H]1C(=O)C(C#N)=C[C@]2(c3ccccc3)c3nn(C)c(-c4ccc(-c5ccncc5)cc4)c3CC[C@@H]12. The normalized spacial score (nSPS) is 22.8. The first-order chi connectivity index (χ1) is 17.5. The molecule has 5 nitrogen and oxygen atoms in total. The fraction of sp³-hybridized carbons (Fsp3) is 0.226. The number of aryl methyl sites for hydroxylation is 1. The van der Waals surface area contributed by atoms with E-state index in [1.807, 2.05) is 55.1 Å². The van der Waals surface area contributed by atoms with Crippen LogP contribution in [0.4, 0.5) is 0 Å². The highest BCUT2D eigenvalue weighted by atomic mass is 16.1. The van der Waals surface area contributed by atoms with Crippen molar-refractivity contribution >= 4 is 5.78 Å². The van der Waals surface area contributed by atoms with Gasteiger partial charge in [0.15, 0.2) is 5.78 Å². The molecule has 0 amide bonds. The lowest BCUT2D eigenvalue weighted by atomic mass is 9.54. The summed E-state index contributed by atoms with van der Waals surface area (Å²) in [5, 5.41) is 15.0. The van der Waals surface area contributed by atoms with E-state index in [4.69, 9.17) is 5.10 Å². The molecule has 0 saturated carbocycles. The Morgan fingerprint density at radius 2 is 1.64 bits per heavy atom. The molecule has 36 heavy (non-hydrogen) atoms. The third-order valence-corrected chi connectivity index (χ3v) is 8.03. The second-order valence-electron chi connectivity index (χ2n) is 9.82. The molecular formula is C31H26N4O. The molecular weight excluding hydrogens is 444 g/mol. The van der Waals surface area contributed by atoms with Crippen molar-refractivity contribution in [2.75, 3.05) is 0 Å². The molecule has 0 aliphatic heterocycles. The van der Waals surface area contributed by atoms with Crippen LogP contribution in [0.1, 0.15) is 30.2 Å². The number of carbonyl (C=O) groups excluding carboxylic acids is 1. The number of ketones is 1. The summed E-state index contributed by atoms with van der Waals surface area (Å²) >= 11 is 0. The summed E-state index contributed by atoms with van der Waals surface area (Å²) in [5.74, 6) is -0.253. The zero-order valence-corrected chi connectivity index (χ0v) is 20.3. The molecule has 176 valence electrons. The van der Waals surface area contributed by atoms with Crippen LogP contribution in [-0.2, 0) is 23.7 Å². The van der Waals surface area contributed by atoms with E-state index in [-0.39, 0.29) is 23.2 Å². The van der Waals surface area contributed by atoms with E-state index in [9.17, 15) is 10.1 Å². The number of hydrogen-bond donors (Lipinski definition) is 0. The van der Waals surface area contributed by atoms with Crippen LogP contribution >= 0.6 is 0 Å². The minimum Gasteiger partial charge on any atom is -0.293 e. The highest BCUT2D eigenvalue weighted by Crippen LogP contribution is 2.54. The van der Waals surface area contributed by atoms with Crippen LogP contribution in [0.15, 0.2) is 90.8 Å². The highest BCUT2D eigenvalue weighted by molar-refractivity contribution is 6.02. The Balaban J connectivity index is 1.55. The molecule has 6 rings (SSSR count). The van der Waals surface area contributed by atoms with Gasteiger partial charge in [0.25, 0.3) is 0 Å². The third kappa shape index (κ3) is 3.18. The van der Waals surface area contributed by atoms with E-state index >= 15 is 0 Å². The van der Waals surface area contributed by atoms with Gasteiger partial charge in [0.2, 0.25) is 0 Å². The number of fused-ring (bicyclic) bond motifs is 3. The van der Waals surface area contributed by atoms with Gasteiger partial charge in [0.1, 0.15) is 6.07 Å². The van der Waals surface area contributed by atoms with Gasteiger partial charge in [-0.2, -0.15) is 10.4 Å². The first-order valence-electron chi connectivity index (χ1n) is 12.3. The van der Waals surface area contributed by atoms with Crippen molar-refractivity contribution in [2.24, 2.45) is 18.9 Å². The molecule has 0 saturated heterocycles. The summed E-state index contributed by atoms with van der Waals surface area (Å²) in [6.45, 7) is 1.97. The molecule has 5 heteroatoms. The molecule has 3 atom stereocenters. The minimum atomic E-state index is -0.611. The summed E-state index contributed by atoms with van der Waals surface area (Å²) in [6.07, 6.45) is 7.23. The monoisotopic (exact) mass is 470 g/mol. The first kappa shape index (κ1) is 22.2. The fourth-order valence-corrected chi connectivity index (χ4v) is 6.35. The maximum absolute atomic E-state index is 13.0. The average Bonchev–Trinajstić information content (AvgIpc) is 3.28. The predicted molar refractivity (Wildman–Crippen MR) is 139 cm³/mol. The number of rotatable bonds is 3. The zero-order chi connectivity index (χ0) is 24.9. The second-order valence-corrected chi connectivity index (χ2v) is 9.82. The Labute approximate surface area is 210 Å². The molecule has 0 bridgehead atoms. The number of aromatic nitrogens is 3. The van der Waals surface area contributed by atoms with E-state index in [0.717, 1.165) is 46.5 Å². The lowest BCUT2D eigenvalue weighted by Crippen LogP contribution is -2.48. The second kappa shape index (κ2) is 8.42. The Morgan fingerprint density at radius 1 is 0.972 bits per heavy atom. The van der Waals surface area contributed by atoms with Crippen LogP contribution in [0.5, 0.6) is 0 Å². The van der Waals surface area contributed by atoms with E-state index < -0.39 is 5.41 Å². The van der Waals surface area contributed by atoms with Crippen LogP contribution < -0.4 is 0 Å². The first-order valence-corrected chi connectivity index (χ1v) is 12.3. The van der Waals surface area contributed by atoms with Crippen LogP contribution in [0.25, 0.3) is 22.4 Å². The molecule has 2 aliphatic carbocycles. The largest absolute Gasteiger partial charge is 0.293 e. The average molecular weight is 471 g/mol. The molecule has 2 aliphatic rings. The van der Waals surface area contributed by atoms with Crippen molar-refractivity contribution in [3.8, 4) is 28.5 Å². The molecule has 0 radical (unpaired) electrons. The quantitative estimate of drug-likeness (QED) is 0.387. The number of benzene rings is 2. The Morgan fingerprint density at radius 3 is 2.33 bits per heavy atom. The van der Waals surface area contributed by atoms with Crippen molar-refractivity contribution in [3.63, 3.8) is 0 Å². The molecule has 2 aromatic heterocycles. The number of Topliss-reactive ketones (excluding diaryl/α,β-unsaturated/α-hetero) is 1. The molecule has 0 unspecified atom stereocenters. The molecule has 0 N–H and O–H groups in total. The van der Waals surface area contributed by atoms with Gasteiger partial charge in [-0.1, -0.05) is 61.5 Å². The highest BCUT2D eigenvalue weighted by Gasteiger charge is 2.53. The Kier molecular flexibility index (Phi) is 5.19. The summed E-state index contributed by atoms with van der Waals surface area (Å²) in [7, 11) is 1.99. The van der Waals surface area contributed by atoms with Gasteiger partial charge in [0.05, 0.1) is 22.4 Å². The van der Waals surface area contributed by atoms with Crippen molar-refractivity contribution in [1.29, 1.82) is 5.26 Å². The van der Waals surface area contributed by atoms with Gasteiger partial charge in [-0.15, -0.1) is 0 Å². The maximum Gasteiger partial charge on any atom is 0.176 e. The Bertz CT molecular complexity index is 1530. The maximum atomic E-state index is 13.0. The van der Waals surface area contributed by atoms with Gasteiger partial charge in [-0.25, -0.2) is 0 Å². The van der Waals surface area contributed by atoms with Gasteiger partial charge in [-0.3, -0.25) is 14.5 Å². The van der Waals surface area contributed by atoms with Crippen molar-refractivity contribution < 1.29 is 4.79 Å². The number of allylic oxidation sites excluding steroid dienone is 2. The lowest BCUT2D eigenvalue weighted by molar-refractivity contribution is -0.121. The van der Waals surface area contributed by atoms with E-state index in [1.165, 1.54) is 5.56 Å². The van der Waals surface area contributed by atoms with Crippen molar-refractivity contribution in [1.82, 2.24) is 14.8 Å². The van der Waals surface area contributed by atoms with Crippen molar-refractivity contribution in [2.45, 2.75) is 25.2 Å². The molecule has 2 heterocycles. The predicted octanol–water partition coefficient (Wildman–Crippen LogP) is 5.67. The molecule has 0 fully saturated rings. The summed E-state index contributed by atoms with van der Waals surface area (Å²) < 4.78 is 1.97. The van der Waals surface area contributed by atoms with Crippen LogP contribution in [0, 0.1) is 23.2 Å². The van der Waals surface area contributed by atoms with Crippen LogP contribution in [0.3, 0.4) is 0 Å². The van der Waals surface area contributed by atoms with E-state index in [0.29, 0.717) is 0 Å². The van der Waals surface area contributed by atoms with Gasteiger partial charge >= 0.3 is 0 Å². The van der Waals surface area contributed by atoms with Gasteiger partial charge in [0, 0.05) is 36.5 Å². The van der Waals surface area contributed by atoms with Gasteiger partial charge < -0.3 is 0 Å². The number of nitriles is 1. The topological polar surface area (TPSA) is 71.6 Å². The van der Waals surface area contributed by atoms with Gasteiger partial charge in [-0.05, 0) is 53.7 Å². The number of carbonyl (C=O) groups is 1. The molecule has 0 spiro atoms. The fourth-order valence-electron chi connectivity index (χ4n) is 6.35. The molecule has 2 aromatic carbocycles. The molecule has 4 aromatic rings. The zero-order valence-electron chi connectivity index (χ0n) is 20.3. The smallest absolute Gasteiger partial charge is 0.176 e. The number of hydrogen-bond acceptors (Lipinski definition) is 4. The standard InChI is InChI=1S/C31H26N4O/c1-20-27-13-12-26-28(23-10-8-21(9-11-23)22-14-16-33-17-15-22)35(2)34-30(26)31(27,18-24(19-32)29(20)36)25-6-4-3-5-7-25/h3-11,14-18,20,27H,12-13H2,1-2H3/t20-,27-,31+/m0/s1. The summed E-state index contributed by atoms with van der Waals surface area (Å²) in [5.41, 5.74) is 7.35. The third-order valence-electron chi connectivity index (χ3n) is 8.03. The van der Waals surface area contributed by atoms with E-state index in [1.54, 1.807) is 12.4 Å². The summed E-state index contributed by atoms with van der Waals surface area (Å²) in [4.78, 5) is 17.1.